The van der Waals surface area contributed by atoms with Gasteiger partial charge in [-0.3, -0.25) is 57.7 Å². The molecule has 26 heteroatoms. The molecule has 0 radical (unpaired) electrons. The minimum Gasteiger partial charge on any atom is -0.370 e. The van der Waals surface area contributed by atoms with E-state index in [1.807, 2.05) is 0 Å². The molecule has 67 heavy (non-hydrogen) atoms. The van der Waals surface area contributed by atoms with E-state index >= 15 is 0 Å². The molecule has 2 aliphatic rings. The largest absolute Gasteiger partial charge is 0.370 e. The lowest BCUT2D eigenvalue weighted by atomic mass is 10.0. The van der Waals surface area contributed by atoms with Gasteiger partial charge in [-0.25, -0.2) is 0 Å². The Hall–Kier alpha value is -6.99. The summed E-state index contributed by atoms with van der Waals surface area (Å²) < 4.78 is 0. The molecule has 0 saturated carbocycles. The predicted molar refractivity (Wildman–Crippen MR) is 243 cm³/mol. The first-order valence-electron chi connectivity index (χ1n) is 21.7. The lowest BCUT2D eigenvalue weighted by molar-refractivity contribution is -0.142. The van der Waals surface area contributed by atoms with Gasteiger partial charge in [-0.05, 0) is 56.8 Å². The first-order valence-corrected chi connectivity index (χ1v) is 22.8. The Morgan fingerprint density at radius 1 is 0.791 bits per heavy atom. The highest BCUT2D eigenvalue weighted by Gasteiger charge is 2.40. The zero-order valence-corrected chi connectivity index (χ0v) is 38.0. The van der Waals surface area contributed by atoms with Gasteiger partial charge in [0.25, 0.3) is 0 Å². The molecule has 17 N–H and O–H groups in total. The van der Waals surface area contributed by atoms with Crippen molar-refractivity contribution in [3.8, 4) is 0 Å². The number of carbonyl (C=O) groups excluding carboxylic acids is 11. The summed E-state index contributed by atoms with van der Waals surface area (Å²) in [6.07, 6.45) is -1.01. The maximum atomic E-state index is 14.4. The van der Waals surface area contributed by atoms with Gasteiger partial charge in [0.15, 0.2) is 5.96 Å². The molecule has 3 rings (SSSR count). The molecule has 2 aliphatic heterocycles. The Morgan fingerprint density at radius 3 is 2.10 bits per heavy atom. The summed E-state index contributed by atoms with van der Waals surface area (Å²) in [5, 5.41) is 17.7. The lowest BCUT2D eigenvalue weighted by Crippen LogP contribution is -2.60. The Balaban J connectivity index is 1.96. The molecule has 0 bridgehead atoms. The second kappa shape index (κ2) is 27.5. The monoisotopic (exact) mass is 958 g/mol. The van der Waals surface area contributed by atoms with Gasteiger partial charge in [-0.2, -0.15) is 11.8 Å². The minimum atomic E-state index is -1.73. The first kappa shape index (κ1) is 54.3. The smallest absolute Gasteiger partial charge is 0.245 e. The number of thioether (sulfide) groups is 1. The molecule has 2 heterocycles. The van der Waals surface area contributed by atoms with Crippen LogP contribution in [0.4, 0.5) is 0 Å². The maximum absolute atomic E-state index is 14.4. The number of guanidine groups is 1. The molecule has 0 unspecified atom stereocenters. The zero-order valence-electron chi connectivity index (χ0n) is 37.2. The Labute approximate surface area is 390 Å². The Morgan fingerprint density at radius 2 is 1.45 bits per heavy atom. The fraction of sp³-hybridized carbons (Fsp3) is 0.561. The average Bonchev–Trinajstić information content (AvgIpc) is 3.76. The Bertz CT molecular complexity index is 2000. The van der Waals surface area contributed by atoms with E-state index in [0.717, 1.165) is 0 Å². The third kappa shape index (κ3) is 19.2. The van der Waals surface area contributed by atoms with E-state index in [1.165, 1.54) is 23.6 Å². The summed E-state index contributed by atoms with van der Waals surface area (Å²) in [5.74, 6) is -8.88. The molecule has 0 aromatic heterocycles. The van der Waals surface area contributed by atoms with Gasteiger partial charge in [0.05, 0.1) is 13.0 Å². The van der Waals surface area contributed by atoms with Crippen LogP contribution in [-0.4, -0.2) is 149 Å². The number of hydrogen-bond donors (Lipinski definition) is 12. The lowest BCUT2D eigenvalue weighted by Gasteiger charge is -2.31. The number of hydrogen-bond acceptors (Lipinski definition) is 13. The third-order valence-corrected chi connectivity index (χ3v) is 11.5. The second-order valence-electron chi connectivity index (χ2n) is 15.9. The standard InChI is InChI=1S/C41H62N14O11S/c1-22-34(60)53-27(19-23-7-3-2-4-8-23)37(63)50-25(11-12-30(42)56)36(62)54-28(20-31(43)57)38(64)52-26(13-17-67-18-14-33(59)49-22)40(66)55-16-6-10-29(55)39(65)51-24(9-5-15-47-41(45)46)35(61)48-21-32(44)58/h2-4,7-8,22,24-29H,5-6,9-21H2,1H3,(H2,42,56)(H2,43,57)(H2,44,58)(H,48,61)(H,49,59)(H,50,63)(H,51,65)(H,52,64)(H,53,60)(H,54,62)(H4,45,46,47)/t22-,24-,25-,26-,27-,28-,29-/m0/s1. The van der Waals surface area contributed by atoms with Crippen LogP contribution >= 0.6 is 11.8 Å². The van der Waals surface area contributed by atoms with E-state index in [0.29, 0.717) is 12.0 Å². The molecule has 2 saturated heterocycles. The predicted octanol–water partition coefficient (Wildman–Crippen LogP) is -5.53. The average molecular weight is 959 g/mol. The second-order valence-corrected chi connectivity index (χ2v) is 17.2. The number of aliphatic imine (C=N–C) groups is 1. The summed E-state index contributed by atoms with van der Waals surface area (Å²) >= 11 is 1.23. The van der Waals surface area contributed by atoms with Crippen LogP contribution in [0.1, 0.15) is 70.3 Å². The van der Waals surface area contributed by atoms with Crippen LogP contribution in [0.25, 0.3) is 0 Å². The fourth-order valence-corrected chi connectivity index (χ4v) is 8.02. The van der Waals surface area contributed by atoms with Crippen molar-refractivity contribution in [2.75, 3.05) is 31.1 Å². The fourth-order valence-electron chi connectivity index (χ4n) is 7.08. The van der Waals surface area contributed by atoms with Gasteiger partial charge >= 0.3 is 0 Å². The molecule has 0 aliphatic carbocycles. The number of carbonyl (C=O) groups is 11. The van der Waals surface area contributed by atoms with Crippen LogP contribution < -0.4 is 65.9 Å². The van der Waals surface area contributed by atoms with E-state index in [1.54, 1.807) is 30.3 Å². The van der Waals surface area contributed by atoms with Crippen molar-refractivity contribution in [3.05, 3.63) is 35.9 Å². The van der Waals surface area contributed by atoms with Crippen molar-refractivity contribution < 1.29 is 52.7 Å². The quantitative estimate of drug-likeness (QED) is 0.0394. The first-order chi connectivity index (χ1) is 31.7. The summed E-state index contributed by atoms with van der Waals surface area (Å²) in [6.45, 7) is 1.08. The highest BCUT2D eigenvalue weighted by atomic mass is 32.2. The van der Waals surface area contributed by atoms with E-state index < -0.39 is 127 Å². The van der Waals surface area contributed by atoms with E-state index in [4.69, 9.17) is 28.7 Å². The summed E-state index contributed by atoms with van der Waals surface area (Å²) in [4.78, 5) is 150. The SMILES string of the molecule is C[C@@H]1NC(=O)CCSCC[C@@H](C(=O)N2CCC[C@H]2C(=O)N[C@@H](CCCN=C(N)N)C(=O)NCC(N)=O)NC(=O)[C@H](CC(N)=O)NC(=O)[C@H](CCC(N)=O)NC(=O)[C@H](Cc2ccccc2)NC1=O. The van der Waals surface area contributed by atoms with Crippen molar-refractivity contribution in [2.24, 2.45) is 33.7 Å². The molecular formula is C41H62N14O11S. The summed E-state index contributed by atoms with van der Waals surface area (Å²) in [5.41, 5.74) is 27.5. The van der Waals surface area contributed by atoms with Crippen LogP contribution in [0.3, 0.4) is 0 Å². The van der Waals surface area contributed by atoms with Crippen LogP contribution in [-0.2, 0) is 59.2 Å². The molecule has 0 spiro atoms. The molecule has 1 aromatic carbocycles. The number of nitrogens with two attached hydrogens (primary N) is 5. The number of rotatable bonds is 17. The number of primary amides is 3. The number of nitrogens with zero attached hydrogens (tertiary/aromatic N) is 2. The van der Waals surface area contributed by atoms with Gasteiger partial charge in [-0.1, -0.05) is 30.3 Å². The van der Waals surface area contributed by atoms with Crippen molar-refractivity contribution >= 4 is 82.7 Å². The topological polar surface area (TPSA) is 418 Å². The molecule has 368 valence electrons. The van der Waals surface area contributed by atoms with Crippen LogP contribution in [0, 0.1) is 0 Å². The summed E-state index contributed by atoms with van der Waals surface area (Å²) in [6, 6.07) is -0.855. The van der Waals surface area contributed by atoms with Gasteiger partial charge < -0.3 is 70.8 Å². The van der Waals surface area contributed by atoms with E-state index in [-0.39, 0.29) is 75.5 Å². The molecule has 2 fully saturated rings. The van der Waals surface area contributed by atoms with Crippen molar-refractivity contribution in [1.29, 1.82) is 0 Å². The highest BCUT2D eigenvalue weighted by Crippen LogP contribution is 2.21. The van der Waals surface area contributed by atoms with Crippen LogP contribution in [0.15, 0.2) is 35.3 Å². The molecule has 25 nitrogen and oxygen atoms in total. The molecule has 1 aromatic rings. The van der Waals surface area contributed by atoms with Gasteiger partial charge in [0.2, 0.25) is 65.0 Å². The third-order valence-electron chi connectivity index (χ3n) is 10.5. The number of amides is 11. The zero-order chi connectivity index (χ0) is 49.6. The van der Waals surface area contributed by atoms with Crippen molar-refractivity contribution in [2.45, 2.75) is 113 Å². The van der Waals surface area contributed by atoms with Gasteiger partial charge in [0.1, 0.15) is 42.3 Å². The molecule has 7 atom stereocenters. The van der Waals surface area contributed by atoms with Crippen LogP contribution in [0.2, 0.25) is 0 Å². The number of nitrogens with one attached hydrogen (secondary N) is 7. The molecular weight excluding hydrogens is 897 g/mol. The van der Waals surface area contributed by atoms with E-state index in [9.17, 15) is 52.7 Å². The normalized spacial score (nSPS) is 22.8. The number of benzene rings is 1. The Kier molecular flexibility index (Phi) is 22.3. The van der Waals surface area contributed by atoms with Crippen molar-refractivity contribution in [1.82, 2.24) is 42.1 Å². The molecule has 11 amide bonds. The number of likely N-dealkylation sites (tertiary alicyclic amines) is 1. The van der Waals surface area contributed by atoms with Gasteiger partial charge in [0, 0.05) is 38.1 Å². The summed E-state index contributed by atoms with van der Waals surface area (Å²) in [7, 11) is 0. The minimum absolute atomic E-state index is 0.0299. The highest BCUT2D eigenvalue weighted by molar-refractivity contribution is 7.99. The van der Waals surface area contributed by atoms with Crippen LogP contribution in [0.5, 0.6) is 0 Å². The van der Waals surface area contributed by atoms with E-state index in [2.05, 4.69) is 42.2 Å². The maximum Gasteiger partial charge on any atom is 0.245 e. The van der Waals surface area contributed by atoms with Gasteiger partial charge in [-0.15, -0.1) is 0 Å². The van der Waals surface area contributed by atoms with Crippen molar-refractivity contribution in [3.63, 3.8) is 0 Å².